The Labute approximate surface area is 180 Å². The Morgan fingerprint density at radius 1 is 1.27 bits per heavy atom. The Bertz CT molecular complexity index is 581. The number of benzene rings is 1. The maximum Gasteiger partial charge on any atom is 0.191 e. The van der Waals surface area contributed by atoms with Crippen LogP contribution in [-0.2, 0) is 6.54 Å². The van der Waals surface area contributed by atoms with Crippen molar-refractivity contribution in [2.24, 2.45) is 4.99 Å². The zero-order chi connectivity index (χ0) is 18.2. The highest BCUT2D eigenvalue weighted by Gasteiger charge is 2.22. The average molecular weight is 491 g/mol. The highest BCUT2D eigenvalue weighted by molar-refractivity contribution is 14.0. The molecule has 1 aliphatic heterocycles. The lowest BCUT2D eigenvalue weighted by Gasteiger charge is -2.37. The lowest BCUT2D eigenvalue weighted by Crippen LogP contribution is -2.55. The molecule has 1 unspecified atom stereocenters. The number of rotatable bonds is 6. The third-order valence-electron chi connectivity index (χ3n) is 4.68. The molecule has 1 fully saturated rings. The van der Waals surface area contributed by atoms with Crippen LogP contribution in [0.1, 0.15) is 18.1 Å². The number of guanidine groups is 1. The number of hydrogen-bond acceptors (Lipinski definition) is 4. The van der Waals surface area contributed by atoms with Crippen LogP contribution in [0.4, 0.5) is 0 Å². The molecule has 1 atom stereocenters. The van der Waals surface area contributed by atoms with Gasteiger partial charge in [0.15, 0.2) is 5.96 Å². The summed E-state index contributed by atoms with van der Waals surface area (Å²) in [6.45, 7) is 10.1. The standard InChI is InChI=1S/C19H33N5S.HI/c1-6-20-19(22-13-17-14-23(3)9-10-24(17)4)21-12-16-8-7-15(2)11-18(16)25-5;/h7-8,11,17H,6,9-10,12-14H2,1-5H3,(H2,20,21,22);1H. The number of aliphatic imine (C=N–C) groups is 1. The summed E-state index contributed by atoms with van der Waals surface area (Å²) in [5.41, 5.74) is 2.58. The summed E-state index contributed by atoms with van der Waals surface area (Å²) < 4.78 is 0. The van der Waals surface area contributed by atoms with Gasteiger partial charge in [-0.1, -0.05) is 12.1 Å². The van der Waals surface area contributed by atoms with E-state index in [1.54, 1.807) is 11.8 Å². The van der Waals surface area contributed by atoms with E-state index >= 15 is 0 Å². The summed E-state index contributed by atoms with van der Waals surface area (Å²) >= 11 is 1.79. The number of aryl methyl sites for hydroxylation is 1. The van der Waals surface area contributed by atoms with Crippen molar-refractivity contribution in [3.05, 3.63) is 29.3 Å². The van der Waals surface area contributed by atoms with E-state index in [1.165, 1.54) is 16.0 Å². The topological polar surface area (TPSA) is 42.9 Å². The van der Waals surface area contributed by atoms with Gasteiger partial charge in [0.25, 0.3) is 0 Å². The van der Waals surface area contributed by atoms with Crippen molar-refractivity contribution >= 4 is 41.7 Å². The van der Waals surface area contributed by atoms with Gasteiger partial charge in [-0.3, -0.25) is 4.90 Å². The molecule has 0 saturated carbocycles. The van der Waals surface area contributed by atoms with Crippen molar-refractivity contribution in [2.45, 2.75) is 31.3 Å². The molecule has 1 aromatic carbocycles. The molecular weight excluding hydrogens is 457 g/mol. The molecule has 2 N–H and O–H groups in total. The second-order valence-corrected chi connectivity index (χ2v) is 7.64. The van der Waals surface area contributed by atoms with Crippen LogP contribution in [0.15, 0.2) is 28.1 Å². The molecule has 1 aromatic rings. The highest BCUT2D eigenvalue weighted by Crippen LogP contribution is 2.22. The minimum Gasteiger partial charge on any atom is -0.357 e. The quantitative estimate of drug-likeness (QED) is 0.277. The van der Waals surface area contributed by atoms with Gasteiger partial charge in [-0.15, -0.1) is 35.7 Å². The lowest BCUT2D eigenvalue weighted by molar-refractivity contribution is 0.116. The summed E-state index contributed by atoms with van der Waals surface area (Å²) in [6.07, 6.45) is 2.13. The smallest absolute Gasteiger partial charge is 0.191 e. The van der Waals surface area contributed by atoms with Crippen LogP contribution >= 0.6 is 35.7 Å². The molecule has 0 aromatic heterocycles. The SMILES string of the molecule is CCNC(=NCc1ccc(C)cc1SC)NCC1CN(C)CCN1C.I. The first-order valence-electron chi connectivity index (χ1n) is 9.08. The van der Waals surface area contributed by atoms with E-state index in [1.807, 2.05) is 0 Å². The van der Waals surface area contributed by atoms with Gasteiger partial charge >= 0.3 is 0 Å². The van der Waals surface area contributed by atoms with E-state index in [-0.39, 0.29) is 24.0 Å². The third kappa shape index (κ3) is 7.25. The van der Waals surface area contributed by atoms with Crippen LogP contribution in [0.3, 0.4) is 0 Å². The minimum atomic E-state index is 0. The van der Waals surface area contributed by atoms with Crippen LogP contribution in [0.2, 0.25) is 0 Å². The molecule has 0 aliphatic carbocycles. The lowest BCUT2D eigenvalue weighted by atomic mass is 10.1. The number of hydrogen-bond donors (Lipinski definition) is 2. The number of halogens is 1. The Kier molecular flexibility index (Phi) is 10.9. The molecule has 1 aliphatic rings. The molecule has 1 heterocycles. The molecule has 0 radical (unpaired) electrons. The molecule has 0 spiro atoms. The predicted molar refractivity (Wildman–Crippen MR) is 125 cm³/mol. The van der Waals surface area contributed by atoms with E-state index in [2.05, 4.69) is 72.8 Å². The van der Waals surface area contributed by atoms with Crippen LogP contribution in [0.25, 0.3) is 0 Å². The third-order valence-corrected chi connectivity index (χ3v) is 5.50. The monoisotopic (exact) mass is 491 g/mol. The summed E-state index contributed by atoms with van der Waals surface area (Å²) in [5, 5.41) is 6.89. The normalized spacial score (nSPS) is 19.1. The molecule has 0 bridgehead atoms. The van der Waals surface area contributed by atoms with Gasteiger partial charge < -0.3 is 15.5 Å². The fourth-order valence-electron chi connectivity index (χ4n) is 3.02. The number of nitrogens with one attached hydrogen (secondary N) is 2. The van der Waals surface area contributed by atoms with Gasteiger partial charge in [0.05, 0.1) is 6.54 Å². The van der Waals surface area contributed by atoms with Crippen LogP contribution in [0.5, 0.6) is 0 Å². The second-order valence-electron chi connectivity index (χ2n) is 6.79. The Morgan fingerprint density at radius 2 is 2.04 bits per heavy atom. The first kappa shape index (κ1) is 23.5. The van der Waals surface area contributed by atoms with Gasteiger partial charge in [0.1, 0.15) is 0 Å². The van der Waals surface area contributed by atoms with Gasteiger partial charge in [0.2, 0.25) is 0 Å². The summed E-state index contributed by atoms with van der Waals surface area (Å²) in [7, 11) is 4.40. The molecule has 26 heavy (non-hydrogen) atoms. The summed E-state index contributed by atoms with van der Waals surface area (Å²) in [4.78, 5) is 10.9. The van der Waals surface area contributed by atoms with Crippen LogP contribution < -0.4 is 10.6 Å². The van der Waals surface area contributed by atoms with Crippen molar-refractivity contribution in [1.29, 1.82) is 0 Å². The van der Waals surface area contributed by atoms with Crippen LogP contribution in [0, 0.1) is 6.92 Å². The summed E-state index contributed by atoms with van der Waals surface area (Å²) in [6, 6.07) is 7.11. The van der Waals surface area contributed by atoms with Gasteiger partial charge in [-0.05, 0) is 51.4 Å². The Morgan fingerprint density at radius 3 is 2.73 bits per heavy atom. The minimum absolute atomic E-state index is 0. The maximum absolute atomic E-state index is 4.80. The zero-order valence-electron chi connectivity index (χ0n) is 16.7. The van der Waals surface area contributed by atoms with Crippen LogP contribution in [-0.4, -0.2) is 74.9 Å². The van der Waals surface area contributed by atoms with E-state index < -0.39 is 0 Å². The van der Waals surface area contributed by atoms with Gasteiger partial charge in [-0.25, -0.2) is 4.99 Å². The fraction of sp³-hybridized carbons (Fsp3) is 0.632. The predicted octanol–water partition coefficient (Wildman–Crippen LogP) is 2.64. The first-order chi connectivity index (χ1) is 12.0. The molecule has 1 saturated heterocycles. The first-order valence-corrected chi connectivity index (χ1v) is 10.3. The van der Waals surface area contributed by atoms with Crippen molar-refractivity contribution in [3.8, 4) is 0 Å². The zero-order valence-corrected chi connectivity index (χ0v) is 19.9. The van der Waals surface area contributed by atoms with Gasteiger partial charge in [0, 0.05) is 43.7 Å². The number of piperazine rings is 1. The van der Waals surface area contributed by atoms with Crippen molar-refractivity contribution in [2.75, 3.05) is 53.1 Å². The molecule has 148 valence electrons. The number of thioether (sulfide) groups is 1. The van der Waals surface area contributed by atoms with Crippen molar-refractivity contribution in [3.63, 3.8) is 0 Å². The highest BCUT2D eigenvalue weighted by atomic mass is 127. The molecule has 0 amide bonds. The largest absolute Gasteiger partial charge is 0.357 e. The van der Waals surface area contributed by atoms with E-state index in [0.717, 1.165) is 38.7 Å². The Balaban J connectivity index is 0.00000338. The Hall–Kier alpha value is -0.510. The molecule has 5 nitrogen and oxygen atoms in total. The fourth-order valence-corrected chi connectivity index (χ4v) is 3.72. The van der Waals surface area contributed by atoms with Gasteiger partial charge in [-0.2, -0.15) is 0 Å². The average Bonchev–Trinajstić information content (AvgIpc) is 2.60. The number of nitrogens with zero attached hydrogens (tertiary/aromatic N) is 3. The second kappa shape index (κ2) is 12.0. The van der Waals surface area contributed by atoms with E-state index in [4.69, 9.17) is 4.99 Å². The maximum atomic E-state index is 4.80. The molecule has 7 heteroatoms. The van der Waals surface area contributed by atoms with Crippen molar-refractivity contribution < 1.29 is 0 Å². The molecule has 2 rings (SSSR count). The van der Waals surface area contributed by atoms with E-state index in [0.29, 0.717) is 12.6 Å². The van der Waals surface area contributed by atoms with E-state index in [9.17, 15) is 0 Å². The van der Waals surface area contributed by atoms with Crippen molar-refractivity contribution in [1.82, 2.24) is 20.4 Å². The summed E-state index contributed by atoms with van der Waals surface area (Å²) in [5.74, 6) is 0.900. The number of likely N-dealkylation sites (N-methyl/N-ethyl adjacent to an activating group) is 2. The molecular formula is C19H34IN5S.